The van der Waals surface area contributed by atoms with Gasteiger partial charge in [-0.25, -0.2) is 9.59 Å². The Morgan fingerprint density at radius 3 is 2.30 bits per heavy atom. The molecule has 7 nitrogen and oxygen atoms in total. The molecule has 0 aromatic carbocycles. The summed E-state index contributed by atoms with van der Waals surface area (Å²) >= 11 is 0. The molecule has 0 bridgehead atoms. The maximum atomic E-state index is 12.3. The van der Waals surface area contributed by atoms with Crippen molar-refractivity contribution < 1.29 is 29.0 Å². The Hall–Kier alpha value is -1.63. The van der Waals surface area contributed by atoms with Gasteiger partial charge in [0.1, 0.15) is 18.2 Å². The van der Waals surface area contributed by atoms with Crippen molar-refractivity contribution >= 4 is 17.8 Å². The first-order valence-electron chi connectivity index (χ1n) is 7.97. The molecule has 1 unspecified atom stereocenters. The van der Waals surface area contributed by atoms with Crippen molar-refractivity contribution in [3.05, 3.63) is 0 Å². The molecule has 0 saturated heterocycles. The number of hydrogen-bond acceptors (Lipinski definition) is 6. The van der Waals surface area contributed by atoms with Gasteiger partial charge in [0.2, 0.25) is 0 Å². The number of ketones is 1. The molecule has 2 N–H and O–H groups in total. The molecule has 130 valence electrons. The summed E-state index contributed by atoms with van der Waals surface area (Å²) in [4.78, 5) is 35.9. The summed E-state index contributed by atoms with van der Waals surface area (Å²) in [5.74, 6) is -0.785. The van der Waals surface area contributed by atoms with Gasteiger partial charge in [0.15, 0.2) is 5.78 Å². The number of aliphatic hydroxyl groups excluding tert-OH is 1. The fourth-order valence-electron chi connectivity index (χ4n) is 2.33. The fourth-order valence-corrected chi connectivity index (χ4v) is 2.33. The van der Waals surface area contributed by atoms with Crippen molar-refractivity contribution in [1.29, 1.82) is 0 Å². The highest BCUT2D eigenvalue weighted by Crippen LogP contribution is 2.48. The molecule has 0 aromatic rings. The van der Waals surface area contributed by atoms with Gasteiger partial charge >= 0.3 is 12.1 Å². The van der Waals surface area contributed by atoms with Gasteiger partial charge in [-0.3, -0.25) is 4.79 Å². The lowest BCUT2D eigenvalue weighted by atomic mass is 9.97. The number of Topliss-reactive ketones (excluding diaryl/α,β-unsaturated/α-hetero) is 1. The Labute approximate surface area is 135 Å². The van der Waals surface area contributed by atoms with Crippen LogP contribution in [0.25, 0.3) is 0 Å². The third kappa shape index (κ3) is 4.92. The average Bonchev–Trinajstić information content (AvgIpc) is 3.33. The van der Waals surface area contributed by atoms with E-state index < -0.39 is 29.1 Å². The number of rotatable bonds is 7. The van der Waals surface area contributed by atoms with Crippen molar-refractivity contribution in [2.75, 3.05) is 13.2 Å². The molecular weight excluding hydrogens is 302 g/mol. The summed E-state index contributed by atoms with van der Waals surface area (Å²) in [5, 5.41) is 12.0. The number of esters is 1. The van der Waals surface area contributed by atoms with Gasteiger partial charge in [-0.2, -0.15) is 0 Å². The van der Waals surface area contributed by atoms with Gasteiger partial charge < -0.3 is 19.9 Å². The standard InChI is InChI=1S/C16H25NO6/c1-15(2,3)23-14(21)17-12(16(9-18)6-7-16)13(20)22-8-11(19)10-4-5-10/h10,12,18H,4-9H2,1-3H3,(H,17,21). The summed E-state index contributed by atoms with van der Waals surface area (Å²) in [7, 11) is 0. The maximum Gasteiger partial charge on any atom is 0.408 e. The third-order valence-electron chi connectivity index (χ3n) is 4.11. The van der Waals surface area contributed by atoms with Crippen LogP contribution in [0.2, 0.25) is 0 Å². The first-order chi connectivity index (χ1) is 10.7. The minimum Gasteiger partial charge on any atom is -0.456 e. The van der Waals surface area contributed by atoms with E-state index in [1.807, 2.05) is 0 Å². The van der Waals surface area contributed by atoms with E-state index in [0.717, 1.165) is 12.8 Å². The first-order valence-corrected chi connectivity index (χ1v) is 7.97. The Morgan fingerprint density at radius 2 is 1.87 bits per heavy atom. The minimum absolute atomic E-state index is 0.00721. The van der Waals surface area contributed by atoms with E-state index in [1.54, 1.807) is 20.8 Å². The number of hydrogen-bond donors (Lipinski definition) is 2. The van der Waals surface area contributed by atoms with Gasteiger partial charge in [-0.05, 0) is 46.5 Å². The highest BCUT2D eigenvalue weighted by molar-refractivity contribution is 5.88. The van der Waals surface area contributed by atoms with Crippen molar-refractivity contribution in [3.8, 4) is 0 Å². The molecule has 2 aliphatic rings. The highest BCUT2D eigenvalue weighted by Gasteiger charge is 2.54. The summed E-state index contributed by atoms with van der Waals surface area (Å²) in [6.07, 6.45) is 2.16. The predicted molar refractivity (Wildman–Crippen MR) is 80.6 cm³/mol. The largest absolute Gasteiger partial charge is 0.456 e. The van der Waals surface area contributed by atoms with Crippen LogP contribution < -0.4 is 5.32 Å². The number of aliphatic hydroxyl groups is 1. The van der Waals surface area contributed by atoms with E-state index in [4.69, 9.17) is 9.47 Å². The zero-order valence-corrected chi connectivity index (χ0v) is 13.9. The second-order valence-corrected chi connectivity index (χ2v) is 7.45. The fraction of sp³-hybridized carbons (Fsp3) is 0.812. The molecule has 1 amide bonds. The van der Waals surface area contributed by atoms with Crippen LogP contribution in [0.3, 0.4) is 0 Å². The monoisotopic (exact) mass is 327 g/mol. The summed E-state index contributed by atoms with van der Waals surface area (Å²) < 4.78 is 10.2. The molecule has 0 radical (unpaired) electrons. The van der Waals surface area contributed by atoms with E-state index in [2.05, 4.69) is 5.32 Å². The molecule has 2 saturated carbocycles. The molecule has 2 fully saturated rings. The topological polar surface area (TPSA) is 102 Å². The Bertz CT molecular complexity index is 487. The molecule has 7 heteroatoms. The molecule has 0 aromatic heterocycles. The van der Waals surface area contributed by atoms with Crippen molar-refractivity contribution in [2.45, 2.75) is 58.1 Å². The van der Waals surface area contributed by atoms with Gasteiger partial charge in [0, 0.05) is 11.3 Å². The van der Waals surface area contributed by atoms with E-state index in [0.29, 0.717) is 12.8 Å². The Kier molecular flexibility index (Phi) is 4.98. The SMILES string of the molecule is CC(C)(C)OC(=O)NC(C(=O)OCC(=O)C1CC1)C1(CO)CC1. The minimum atomic E-state index is -1.01. The summed E-state index contributed by atoms with van der Waals surface area (Å²) in [6.45, 7) is 4.63. The van der Waals surface area contributed by atoms with Gasteiger partial charge in [-0.15, -0.1) is 0 Å². The number of alkyl carbamates (subject to hydrolysis) is 1. The number of ether oxygens (including phenoxy) is 2. The normalized spacial score (nSPS) is 20.3. The lowest BCUT2D eigenvalue weighted by molar-refractivity contribution is -0.152. The van der Waals surface area contributed by atoms with Crippen LogP contribution in [0.4, 0.5) is 4.79 Å². The van der Waals surface area contributed by atoms with E-state index >= 15 is 0 Å². The van der Waals surface area contributed by atoms with Crippen LogP contribution in [-0.4, -0.2) is 47.8 Å². The molecule has 0 spiro atoms. The van der Waals surface area contributed by atoms with Crippen LogP contribution in [0.5, 0.6) is 0 Å². The van der Waals surface area contributed by atoms with Crippen LogP contribution in [0.1, 0.15) is 46.5 Å². The number of amides is 1. The first kappa shape index (κ1) is 17.7. The smallest absolute Gasteiger partial charge is 0.408 e. The molecule has 23 heavy (non-hydrogen) atoms. The number of carbonyl (C=O) groups excluding carboxylic acids is 3. The average molecular weight is 327 g/mol. The summed E-state index contributed by atoms with van der Waals surface area (Å²) in [6, 6.07) is -1.01. The van der Waals surface area contributed by atoms with Crippen molar-refractivity contribution in [1.82, 2.24) is 5.32 Å². The summed E-state index contributed by atoms with van der Waals surface area (Å²) in [5.41, 5.74) is -1.41. The van der Waals surface area contributed by atoms with Gasteiger partial charge in [0.25, 0.3) is 0 Å². The predicted octanol–water partition coefficient (Wildman–Crippen LogP) is 1.17. The molecule has 1 atom stereocenters. The zero-order chi connectivity index (χ0) is 17.3. The van der Waals surface area contributed by atoms with Crippen LogP contribution in [0.15, 0.2) is 0 Å². The molecule has 0 aliphatic heterocycles. The molecule has 2 aliphatic carbocycles. The van der Waals surface area contributed by atoms with Crippen LogP contribution in [-0.2, 0) is 19.1 Å². The third-order valence-corrected chi connectivity index (χ3v) is 4.11. The van der Waals surface area contributed by atoms with Crippen molar-refractivity contribution in [3.63, 3.8) is 0 Å². The quantitative estimate of drug-likeness (QED) is 0.681. The van der Waals surface area contributed by atoms with Crippen LogP contribution in [0, 0.1) is 11.3 Å². The Balaban J connectivity index is 1.95. The van der Waals surface area contributed by atoms with Gasteiger partial charge in [0.05, 0.1) is 6.61 Å². The number of nitrogens with one attached hydrogen (secondary N) is 1. The second kappa shape index (κ2) is 6.47. The van der Waals surface area contributed by atoms with Crippen molar-refractivity contribution in [2.24, 2.45) is 11.3 Å². The maximum absolute atomic E-state index is 12.3. The zero-order valence-electron chi connectivity index (χ0n) is 13.9. The lowest BCUT2D eigenvalue weighted by Crippen LogP contribution is -2.50. The second-order valence-electron chi connectivity index (χ2n) is 7.45. The molecular formula is C16H25NO6. The Morgan fingerprint density at radius 1 is 1.26 bits per heavy atom. The molecule has 2 rings (SSSR count). The number of carbonyl (C=O) groups is 3. The lowest BCUT2D eigenvalue weighted by Gasteiger charge is -2.27. The van der Waals surface area contributed by atoms with E-state index in [-0.39, 0.29) is 24.9 Å². The highest BCUT2D eigenvalue weighted by atomic mass is 16.6. The van der Waals surface area contributed by atoms with Crippen LogP contribution >= 0.6 is 0 Å². The molecule has 0 heterocycles. The van der Waals surface area contributed by atoms with E-state index in [1.165, 1.54) is 0 Å². The van der Waals surface area contributed by atoms with E-state index in [9.17, 15) is 19.5 Å². The van der Waals surface area contributed by atoms with Gasteiger partial charge in [-0.1, -0.05) is 0 Å².